The monoisotopic (exact) mass is 294 g/mol. The molecule has 3 aromatic rings. The number of rotatable bonds is 4. The highest BCUT2D eigenvalue weighted by atomic mass is 32.1. The Balaban J connectivity index is 1.76. The SMILES string of the molecule is Cc1ccc(-c2nc(NCc3ccccc3)sc2C)cc1. The Hall–Kier alpha value is -2.13. The highest BCUT2D eigenvalue weighted by Crippen LogP contribution is 2.30. The van der Waals surface area contributed by atoms with E-state index in [9.17, 15) is 0 Å². The fraction of sp³-hybridized carbons (Fsp3) is 0.167. The highest BCUT2D eigenvalue weighted by Gasteiger charge is 2.09. The van der Waals surface area contributed by atoms with Crippen molar-refractivity contribution in [1.29, 1.82) is 0 Å². The van der Waals surface area contributed by atoms with E-state index in [1.54, 1.807) is 11.3 Å². The summed E-state index contributed by atoms with van der Waals surface area (Å²) in [7, 11) is 0. The van der Waals surface area contributed by atoms with Crippen LogP contribution in [0.25, 0.3) is 11.3 Å². The van der Waals surface area contributed by atoms with Crippen LogP contribution in [-0.4, -0.2) is 4.98 Å². The predicted molar refractivity (Wildman–Crippen MR) is 90.8 cm³/mol. The minimum Gasteiger partial charge on any atom is -0.357 e. The first-order valence-electron chi connectivity index (χ1n) is 7.04. The minimum absolute atomic E-state index is 0.807. The number of nitrogens with zero attached hydrogens (tertiary/aromatic N) is 1. The van der Waals surface area contributed by atoms with Crippen LogP contribution in [0.5, 0.6) is 0 Å². The Morgan fingerprint density at radius 2 is 1.67 bits per heavy atom. The number of aryl methyl sites for hydroxylation is 2. The van der Waals surface area contributed by atoms with E-state index in [1.807, 2.05) is 6.07 Å². The van der Waals surface area contributed by atoms with Gasteiger partial charge in [-0.05, 0) is 19.4 Å². The summed E-state index contributed by atoms with van der Waals surface area (Å²) in [6, 6.07) is 18.9. The lowest BCUT2D eigenvalue weighted by Gasteiger charge is -2.02. The van der Waals surface area contributed by atoms with Crippen LogP contribution in [0, 0.1) is 13.8 Å². The second-order valence-electron chi connectivity index (χ2n) is 5.13. The van der Waals surface area contributed by atoms with Crippen molar-refractivity contribution in [3.8, 4) is 11.3 Å². The molecule has 0 atom stereocenters. The number of benzene rings is 2. The van der Waals surface area contributed by atoms with Crippen LogP contribution < -0.4 is 5.32 Å². The zero-order chi connectivity index (χ0) is 14.7. The molecule has 3 rings (SSSR count). The van der Waals surface area contributed by atoms with Crippen LogP contribution in [0.4, 0.5) is 5.13 Å². The molecule has 0 saturated carbocycles. The highest BCUT2D eigenvalue weighted by molar-refractivity contribution is 7.15. The minimum atomic E-state index is 0.807. The van der Waals surface area contributed by atoms with Crippen molar-refractivity contribution in [1.82, 2.24) is 4.98 Å². The molecule has 0 aliphatic heterocycles. The standard InChI is InChI=1S/C18H18N2S/c1-13-8-10-16(11-9-13)17-14(2)21-18(20-17)19-12-15-6-4-3-5-7-15/h3-11H,12H2,1-2H3,(H,19,20). The number of thiazole rings is 1. The summed E-state index contributed by atoms with van der Waals surface area (Å²) in [5.41, 5.74) is 4.80. The van der Waals surface area contributed by atoms with E-state index in [4.69, 9.17) is 4.98 Å². The smallest absolute Gasteiger partial charge is 0.183 e. The topological polar surface area (TPSA) is 24.9 Å². The first-order chi connectivity index (χ1) is 10.2. The van der Waals surface area contributed by atoms with Crippen molar-refractivity contribution < 1.29 is 0 Å². The molecule has 1 heterocycles. The van der Waals surface area contributed by atoms with Crippen molar-refractivity contribution >= 4 is 16.5 Å². The van der Waals surface area contributed by atoms with E-state index >= 15 is 0 Å². The molecule has 0 unspecified atom stereocenters. The third-order valence-electron chi connectivity index (χ3n) is 3.41. The normalized spacial score (nSPS) is 10.6. The van der Waals surface area contributed by atoms with Crippen LogP contribution >= 0.6 is 11.3 Å². The molecule has 2 nitrogen and oxygen atoms in total. The molecule has 0 aliphatic rings. The van der Waals surface area contributed by atoms with Gasteiger partial charge in [-0.3, -0.25) is 0 Å². The van der Waals surface area contributed by atoms with Gasteiger partial charge < -0.3 is 5.32 Å². The van der Waals surface area contributed by atoms with E-state index in [1.165, 1.54) is 21.6 Å². The van der Waals surface area contributed by atoms with Gasteiger partial charge in [0, 0.05) is 17.0 Å². The average Bonchev–Trinajstić information content (AvgIpc) is 2.88. The molecule has 0 bridgehead atoms. The molecule has 0 spiro atoms. The maximum Gasteiger partial charge on any atom is 0.183 e. The fourth-order valence-corrected chi connectivity index (χ4v) is 3.06. The van der Waals surface area contributed by atoms with Crippen LogP contribution in [0.2, 0.25) is 0 Å². The van der Waals surface area contributed by atoms with E-state index in [-0.39, 0.29) is 0 Å². The van der Waals surface area contributed by atoms with E-state index < -0.39 is 0 Å². The summed E-state index contributed by atoms with van der Waals surface area (Å²) in [5, 5.41) is 4.39. The lowest BCUT2D eigenvalue weighted by atomic mass is 10.1. The molecular formula is C18H18N2S. The second kappa shape index (κ2) is 6.10. The van der Waals surface area contributed by atoms with Crippen LogP contribution in [0.3, 0.4) is 0 Å². The summed E-state index contributed by atoms with van der Waals surface area (Å²) in [6.45, 7) is 5.03. The van der Waals surface area contributed by atoms with Gasteiger partial charge in [-0.15, -0.1) is 11.3 Å². The molecule has 0 aliphatic carbocycles. The van der Waals surface area contributed by atoms with Gasteiger partial charge in [0.25, 0.3) is 0 Å². The van der Waals surface area contributed by atoms with Crippen LogP contribution in [0.1, 0.15) is 16.0 Å². The molecule has 1 N–H and O–H groups in total. The first-order valence-corrected chi connectivity index (χ1v) is 7.86. The lowest BCUT2D eigenvalue weighted by Crippen LogP contribution is -1.98. The molecule has 106 valence electrons. The Labute approximate surface area is 129 Å². The van der Waals surface area contributed by atoms with Crippen LogP contribution in [-0.2, 0) is 6.54 Å². The molecule has 0 saturated heterocycles. The maximum atomic E-state index is 4.73. The molecule has 0 radical (unpaired) electrons. The third-order valence-corrected chi connectivity index (χ3v) is 4.34. The number of hydrogen-bond acceptors (Lipinski definition) is 3. The van der Waals surface area contributed by atoms with Gasteiger partial charge in [0.2, 0.25) is 0 Å². The van der Waals surface area contributed by atoms with Crippen molar-refractivity contribution in [2.75, 3.05) is 5.32 Å². The average molecular weight is 294 g/mol. The van der Waals surface area contributed by atoms with Crippen molar-refractivity contribution in [3.63, 3.8) is 0 Å². The van der Waals surface area contributed by atoms with Gasteiger partial charge in [0.15, 0.2) is 5.13 Å². The zero-order valence-electron chi connectivity index (χ0n) is 12.3. The van der Waals surface area contributed by atoms with Gasteiger partial charge in [0.1, 0.15) is 0 Å². The summed E-state index contributed by atoms with van der Waals surface area (Å²) in [5.74, 6) is 0. The van der Waals surface area contributed by atoms with E-state index in [0.29, 0.717) is 0 Å². The number of aromatic nitrogens is 1. The molecule has 0 amide bonds. The van der Waals surface area contributed by atoms with E-state index in [0.717, 1.165) is 17.4 Å². The first kappa shape index (κ1) is 13.8. The van der Waals surface area contributed by atoms with Gasteiger partial charge in [0.05, 0.1) is 5.69 Å². The molecule has 0 fully saturated rings. The fourth-order valence-electron chi connectivity index (χ4n) is 2.22. The second-order valence-corrected chi connectivity index (χ2v) is 6.33. The summed E-state index contributed by atoms with van der Waals surface area (Å²) >= 11 is 1.71. The Morgan fingerprint density at radius 3 is 2.38 bits per heavy atom. The summed E-state index contributed by atoms with van der Waals surface area (Å²) < 4.78 is 0. The molecular weight excluding hydrogens is 276 g/mol. The Kier molecular flexibility index (Phi) is 4.02. The third kappa shape index (κ3) is 3.31. The van der Waals surface area contributed by atoms with Gasteiger partial charge in [-0.25, -0.2) is 4.98 Å². The lowest BCUT2D eigenvalue weighted by molar-refractivity contribution is 1.13. The largest absolute Gasteiger partial charge is 0.357 e. The molecule has 21 heavy (non-hydrogen) atoms. The molecule has 2 aromatic carbocycles. The quantitative estimate of drug-likeness (QED) is 0.729. The van der Waals surface area contributed by atoms with Crippen molar-refractivity contribution in [2.45, 2.75) is 20.4 Å². The summed E-state index contributed by atoms with van der Waals surface area (Å²) in [6.07, 6.45) is 0. The van der Waals surface area contributed by atoms with Gasteiger partial charge in [-0.1, -0.05) is 60.2 Å². The zero-order valence-corrected chi connectivity index (χ0v) is 13.1. The van der Waals surface area contributed by atoms with Crippen molar-refractivity contribution in [2.24, 2.45) is 0 Å². The van der Waals surface area contributed by atoms with Gasteiger partial charge >= 0.3 is 0 Å². The molecule has 1 aromatic heterocycles. The summed E-state index contributed by atoms with van der Waals surface area (Å²) in [4.78, 5) is 5.98. The molecule has 3 heteroatoms. The number of anilines is 1. The van der Waals surface area contributed by atoms with Crippen molar-refractivity contribution in [3.05, 3.63) is 70.6 Å². The Morgan fingerprint density at radius 1 is 0.952 bits per heavy atom. The maximum absolute atomic E-state index is 4.73. The van der Waals surface area contributed by atoms with Gasteiger partial charge in [-0.2, -0.15) is 0 Å². The van der Waals surface area contributed by atoms with E-state index in [2.05, 4.69) is 67.7 Å². The predicted octanol–water partition coefficient (Wildman–Crippen LogP) is 5.04. The Bertz CT molecular complexity index is 715. The number of nitrogens with one attached hydrogen (secondary N) is 1. The van der Waals surface area contributed by atoms with Crippen LogP contribution in [0.15, 0.2) is 54.6 Å². The number of hydrogen-bond donors (Lipinski definition) is 1.